The molecule has 2 heterocycles. The van der Waals surface area contributed by atoms with E-state index in [1.54, 1.807) is 0 Å². The van der Waals surface area contributed by atoms with Gasteiger partial charge in [-0.1, -0.05) is 12.5 Å². The highest BCUT2D eigenvalue weighted by molar-refractivity contribution is 5.85. The molecule has 1 aliphatic heterocycles. The third-order valence-electron chi connectivity index (χ3n) is 3.47. The minimum atomic E-state index is 0. The number of hydrogen-bond donors (Lipinski definition) is 1. The average Bonchev–Trinajstić information content (AvgIpc) is 2.15. The van der Waals surface area contributed by atoms with Crippen molar-refractivity contribution in [1.82, 2.24) is 10.3 Å². The Morgan fingerprint density at radius 1 is 1.27 bits per heavy atom. The summed E-state index contributed by atoms with van der Waals surface area (Å²) in [5.74, 6) is 0.773. The second-order valence-electron chi connectivity index (χ2n) is 4.40. The van der Waals surface area contributed by atoms with Gasteiger partial charge in [0.15, 0.2) is 0 Å². The molecule has 0 amide bonds. The second kappa shape index (κ2) is 4.50. The van der Waals surface area contributed by atoms with Crippen molar-refractivity contribution in [3.8, 4) is 0 Å². The summed E-state index contributed by atoms with van der Waals surface area (Å²) in [7, 11) is 0. The van der Waals surface area contributed by atoms with E-state index < -0.39 is 0 Å². The maximum absolute atomic E-state index is 4.80. The van der Waals surface area contributed by atoms with Crippen LogP contribution in [0.5, 0.6) is 0 Å². The van der Waals surface area contributed by atoms with E-state index in [0.717, 1.165) is 25.4 Å². The third-order valence-corrected chi connectivity index (χ3v) is 3.47. The molecule has 1 N–H and O–H groups in total. The van der Waals surface area contributed by atoms with Crippen LogP contribution in [0.3, 0.4) is 0 Å². The zero-order chi connectivity index (χ0) is 9.38. The molecule has 15 heavy (non-hydrogen) atoms. The molecule has 1 aromatic rings. The molecule has 82 valence electrons. The van der Waals surface area contributed by atoms with Crippen LogP contribution in [0, 0.1) is 0 Å². The number of pyridine rings is 1. The number of aromatic nitrogens is 1. The largest absolute Gasteiger partial charge is 0.312 e. The summed E-state index contributed by atoms with van der Waals surface area (Å²) >= 11 is 0. The molecular weight excluding hydrogens is 208 g/mol. The lowest BCUT2D eigenvalue weighted by Crippen LogP contribution is -2.25. The second-order valence-corrected chi connectivity index (χ2v) is 4.40. The Hall–Kier alpha value is -0.600. The van der Waals surface area contributed by atoms with Crippen molar-refractivity contribution < 1.29 is 0 Å². The van der Waals surface area contributed by atoms with Crippen LogP contribution in [0.4, 0.5) is 0 Å². The Bertz CT molecular complexity index is 347. The van der Waals surface area contributed by atoms with E-state index >= 15 is 0 Å². The van der Waals surface area contributed by atoms with Crippen molar-refractivity contribution in [2.24, 2.45) is 0 Å². The topological polar surface area (TPSA) is 24.9 Å². The van der Waals surface area contributed by atoms with Gasteiger partial charge in [-0.15, -0.1) is 12.4 Å². The van der Waals surface area contributed by atoms with E-state index in [9.17, 15) is 0 Å². The molecule has 0 unspecified atom stereocenters. The van der Waals surface area contributed by atoms with Crippen LogP contribution in [0.15, 0.2) is 12.1 Å². The first-order chi connectivity index (χ1) is 6.93. The van der Waals surface area contributed by atoms with Crippen molar-refractivity contribution in [3.05, 3.63) is 29.1 Å². The average molecular weight is 225 g/mol. The van der Waals surface area contributed by atoms with E-state index in [1.165, 1.54) is 36.2 Å². The predicted molar refractivity (Wildman–Crippen MR) is 63.5 cm³/mol. The summed E-state index contributed by atoms with van der Waals surface area (Å²) in [6.07, 6.45) is 5.20. The van der Waals surface area contributed by atoms with E-state index in [1.807, 2.05) is 0 Å². The van der Waals surface area contributed by atoms with Crippen LogP contribution in [0.1, 0.15) is 42.1 Å². The Balaban J connectivity index is 0.000000853. The first kappa shape index (κ1) is 10.9. The number of rotatable bonds is 1. The van der Waals surface area contributed by atoms with Crippen LogP contribution >= 0.6 is 12.4 Å². The van der Waals surface area contributed by atoms with Crippen LogP contribution in [-0.2, 0) is 13.0 Å². The maximum atomic E-state index is 4.80. The summed E-state index contributed by atoms with van der Waals surface area (Å²) in [4.78, 5) is 4.80. The van der Waals surface area contributed by atoms with Gasteiger partial charge >= 0.3 is 0 Å². The number of nitrogens with zero attached hydrogens (tertiary/aromatic N) is 1. The lowest BCUT2D eigenvalue weighted by atomic mass is 9.82. The van der Waals surface area contributed by atoms with Crippen molar-refractivity contribution in [2.45, 2.75) is 38.1 Å². The summed E-state index contributed by atoms with van der Waals surface area (Å²) in [6.45, 7) is 2.10. The molecule has 0 bridgehead atoms. The molecule has 2 nitrogen and oxygen atoms in total. The van der Waals surface area contributed by atoms with Crippen LogP contribution in [0.2, 0.25) is 0 Å². The first-order valence-electron chi connectivity index (χ1n) is 5.63. The van der Waals surface area contributed by atoms with Gasteiger partial charge in [0, 0.05) is 36.8 Å². The third kappa shape index (κ3) is 2.01. The van der Waals surface area contributed by atoms with E-state index in [2.05, 4.69) is 17.4 Å². The van der Waals surface area contributed by atoms with Crippen LogP contribution < -0.4 is 5.32 Å². The molecule has 3 rings (SSSR count). The standard InChI is InChI=1S/C12H16N2.ClH/c1-2-9(3-1)11-5-4-10-8-13-7-6-12(10)14-11;/h4-5,9,13H,1-3,6-8H2;1H. The highest BCUT2D eigenvalue weighted by Crippen LogP contribution is 2.35. The highest BCUT2D eigenvalue weighted by Gasteiger charge is 2.22. The Kier molecular flexibility index (Phi) is 3.27. The van der Waals surface area contributed by atoms with Crippen molar-refractivity contribution in [2.75, 3.05) is 6.54 Å². The minimum Gasteiger partial charge on any atom is -0.312 e. The normalized spacial score (nSPS) is 20.0. The predicted octanol–water partition coefficient (Wildman–Crippen LogP) is 2.42. The molecule has 1 aliphatic carbocycles. The fourth-order valence-corrected chi connectivity index (χ4v) is 2.29. The Morgan fingerprint density at radius 3 is 2.87 bits per heavy atom. The minimum absolute atomic E-state index is 0. The molecule has 1 fully saturated rings. The van der Waals surface area contributed by atoms with Gasteiger partial charge in [-0.05, 0) is 24.5 Å². The lowest BCUT2D eigenvalue weighted by Gasteiger charge is -2.26. The molecule has 1 aromatic heterocycles. The zero-order valence-electron chi connectivity index (χ0n) is 8.83. The van der Waals surface area contributed by atoms with E-state index in [4.69, 9.17) is 4.98 Å². The van der Waals surface area contributed by atoms with Gasteiger partial charge in [-0.2, -0.15) is 0 Å². The Morgan fingerprint density at radius 2 is 2.13 bits per heavy atom. The number of fused-ring (bicyclic) bond motifs is 1. The SMILES string of the molecule is Cl.c1cc2c(nc1C1CCC1)CCNC2. The summed E-state index contributed by atoms with van der Waals surface area (Å²) in [6, 6.07) is 4.50. The number of nitrogens with one attached hydrogen (secondary N) is 1. The van der Waals surface area contributed by atoms with E-state index in [-0.39, 0.29) is 12.4 Å². The van der Waals surface area contributed by atoms with E-state index in [0.29, 0.717) is 0 Å². The molecular formula is C12H17ClN2. The first-order valence-corrected chi connectivity index (χ1v) is 5.63. The van der Waals surface area contributed by atoms with Gasteiger partial charge in [0.25, 0.3) is 0 Å². The van der Waals surface area contributed by atoms with Crippen molar-refractivity contribution in [1.29, 1.82) is 0 Å². The van der Waals surface area contributed by atoms with Gasteiger partial charge in [0.2, 0.25) is 0 Å². The fourth-order valence-electron chi connectivity index (χ4n) is 2.29. The summed E-state index contributed by atoms with van der Waals surface area (Å²) in [5, 5.41) is 3.38. The molecule has 1 saturated carbocycles. The lowest BCUT2D eigenvalue weighted by molar-refractivity contribution is 0.409. The molecule has 0 atom stereocenters. The summed E-state index contributed by atoms with van der Waals surface area (Å²) in [5.41, 5.74) is 4.09. The molecule has 0 radical (unpaired) electrons. The van der Waals surface area contributed by atoms with Gasteiger partial charge in [0.05, 0.1) is 0 Å². The quantitative estimate of drug-likeness (QED) is 0.793. The highest BCUT2D eigenvalue weighted by atomic mass is 35.5. The van der Waals surface area contributed by atoms with Gasteiger partial charge in [-0.25, -0.2) is 0 Å². The number of hydrogen-bond acceptors (Lipinski definition) is 2. The van der Waals surface area contributed by atoms with Crippen LogP contribution in [0.25, 0.3) is 0 Å². The monoisotopic (exact) mass is 224 g/mol. The fraction of sp³-hybridized carbons (Fsp3) is 0.583. The smallest absolute Gasteiger partial charge is 0.0464 e. The van der Waals surface area contributed by atoms with Crippen molar-refractivity contribution in [3.63, 3.8) is 0 Å². The Labute approximate surface area is 96.9 Å². The van der Waals surface area contributed by atoms with Crippen molar-refractivity contribution >= 4 is 12.4 Å². The van der Waals surface area contributed by atoms with Gasteiger partial charge in [0.1, 0.15) is 0 Å². The zero-order valence-corrected chi connectivity index (χ0v) is 9.65. The molecule has 0 saturated heterocycles. The maximum Gasteiger partial charge on any atom is 0.0464 e. The van der Waals surface area contributed by atoms with Gasteiger partial charge in [-0.3, -0.25) is 4.98 Å². The molecule has 2 aliphatic rings. The van der Waals surface area contributed by atoms with Crippen LogP contribution in [-0.4, -0.2) is 11.5 Å². The molecule has 0 aromatic carbocycles. The van der Waals surface area contributed by atoms with Gasteiger partial charge < -0.3 is 5.32 Å². The number of halogens is 1. The summed E-state index contributed by atoms with van der Waals surface area (Å²) < 4.78 is 0. The molecule has 0 spiro atoms. The molecule has 3 heteroatoms.